The van der Waals surface area contributed by atoms with E-state index in [1.54, 1.807) is 6.26 Å². The predicted octanol–water partition coefficient (Wildman–Crippen LogP) is 3.00. The summed E-state index contributed by atoms with van der Waals surface area (Å²) in [6.45, 7) is 0. The number of hydrogen-bond donors (Lipinski definition) is 0. The molecule has 0 radical (unpaired) electrons. The Balaban J connectivity index is 2.18. The molecule has 1 nitrogen and oxygen atoms in total. The second kappa shape index (κ2) is 3.56. The number of rotatable bonds is 1. The SMILES string of the molecule is CS(=O)c1ccc2c(c1)Cc1ccccc1-2. The quantitative estimate of drug-likeness (QED) is 0.625. The van der Waals surface area contributed by atoms with Crippen LogP contribution in [0.3, 0.4) is 0 Å². The Bertz CT molecular complexity index is 587. The summed E-state index contributed by atoms with van der Waals surface area (Å²) in [5.41, 5.74) is 5.29. The lowest BCUT2D eigenvalue weighted by atomic mass is 10.1. The molecule has 0 amide bonds. The number of benzene rings is 2. The molecule has 1 aliphatic carbocycles. The average molecular weight is 228 g/mol. The van der Waals surface area contributed by atoms with Crippen LogP contribution in [0.5, 0.6) is 0 Å². The van der Waals surface area contributed by atoms with Gasteiger partial charge in [0.15, 0.2) is 0 Å². The zero-order valence-corrected chi connectivity index (χ0v) is 9.88. The van der Waals surface area contributed by atoms with Crippen molar-refractivity contribution in [3.63, 3.8) is 0 Å². The fourth-order valence-electron chi connectivity index (χ4n) is 2.30. The lowest BCUT2D eigenvalue weighted by molar-refractivity contribution is 0.686. The first kappa shape index (κ1) is 9.79. The van der Waals surface area contributed by atoms with Crippen LogP contribution in [0.1, 0.15) is 11.1 Å². The van der Waals surface area contributed by atoms with Crippen LogP contribution in [0.25, 0.3) is 11.1 Å². The third-order valence-electron chi connectivity index (χ3n) is 3.10. The number of hydrogen-bond acceptors (Lipinski definition) is 1. The molecule has 0 fully saturated rings. The third kappa shape index (κ3) is 1.41. The molecule has 2 aromatic rings. The van der Waals surface area contributed by atoms with Gasteiger partial charge >= 0.3 is 0 Å². The van der Waals surface area contributed by atoms with Gasteiger partial charge in [-0.1, -0.05) is 30.3 Å². The van der Waals surface area contributed by atoms with Crippen LogP contribution in [0.15, 0.2) is 47.4 Å². The van der Waals surface area contributed by atoms with Gasteiger partial charge in [-0.3, -0.25) is 4.21 Å². The maximum atomic E-state index is 11.4. The first-order chi connectivity index (χ1) is 7.75. The van der Waals surface area contributed by atoms with Gasteiger partial charge in [0, 0.05) is 22.0 Å². The predicted molar refractivity (Wildman–Crippen MR) is 67.0 cm³/mol. The molecule has 0 bridgehead atoms. The lowest BCUT2D eigenvalue weighted by Gasteiger charge is -2.02. The summed E-state index contributed by atoms with van der Waals surface area (Å²) in [5, 5.41) is 0. The molecule has 2 heteroatoms. The highest BCUT2D eigenvalue weighted by Crippen LogP contribution is 2.36. The van der Waals surface area contributed by atoms with Gasteiger partial charge < -0.3 is 0 Å². The minimum Gasteiger partial charge on any atom is -0.255 e. The summed E-state index contributed by atoms with van der Waals surface area (Å²) >= 11 is 0. The molecule has 0 heterocycles. The van der Waals surface area contributed by atoms with Crippen molar-refractivity contribution in [2.45, 2.75) is 11.3 Å². The van der Waals surface area contributed by atoms with Gasteiger partial charge in [-0.2, -0.15) is 0 Å². The second-order valence-corrected chi connectivity index (χ2v) is 5.49. The minimum absolute atomic E-state index is 0.887. The van der Waals surface area contributed by atoms with Crippen LogP contribution in [-0.4, -0.2) is 10.5 Å². The zero-order valence-electron chi connectivity index (χ0n) is 9.07. The molecular weight excluding hydrogens is 216 g/mol. The van der Waals surface area contributed by atoms with E-state index in [9.17, 15) is 4.21 Å². The number of fused-ring (bicyclic) bond motifs is 3. The topological polar surface area (TPSA) is 17.1 Å². The average Bonchev–Trinajstić information content (AvgIpc) is 2.66. The van der Waals surface area contributed by atoms with Gasteiger partial charge in [0.05, 0.1) is 0 Å². The molecule has 3 rings (SSSR count). The Morgan fingerprint density at radius 3 is 2.56 bits per heavy atom. The van der Waals surface area contributed by atoms with E-state index in [-0.39, 0.29) is 0 Å². The van der Waals surface area contributed by atoms with E-state index in [1.807, 2.05) is 6.07 Å². The monoisotopic (exact) mass is 228 g/mol. The molecular formula is C14H12OS. The fourth-order valence-corrected chi connectivity index (χ4v) is 2.87. The minimum atomic E-state index is -0.887. The lowest BCUT2D eigenvalue weighted by Crippen LogP contribution is -1.89. The summed E-state index contributed by atoms with van der Waals surface area (Å²) in [6.07, 6.45) is 2.69. The molecule has 1 aliphatic rings. The van der Waals surface area contributed by atoms with Crippen LogP contribution in [0, 0.1) is 0 Å². The standard InChI is InChI=1S/C14H12OS/c1-16(15)12-6-7-14-11(9-12)8-10-4-2-3-5-13(10)14/h2-7,9H,8H2,1H3. The fraction of sp³-hybridized carbons (Fsp3) is 0.143. The Hall–Kier alpha value is -1.41. The molecule has 0 saturated carbocycles. The molecule has 80 valence electrons. The van der Waals surface area contributed by atoms with Crippen LogP contribution >= 0.6 is 0 Å². The summed E-state index contributed by atoms with van der Waals surface area (Å²) < 4.78 is 11.4. The molecule has 16 heavy (non-hydrogen) atoms. The largest absolute Gasteiger partial charge is 0.255 e. The van der Waals surface area contributed by atoms with Crippen molar-refractivity contribution in [2.24, 2.45) is 0 Å². The van der Waals surface area contributed by atoms with Gasteiger partial charge in [-0.05, 0) is 40.8 Å². The van der Waals surface area contributed by atoms with E-state index < -0.39 is 10.8 Å². The molecule has 1 atom stereocenters. The van der Waals surface area contributed by atoms with E-state index in [4.69, 9.17) is 0 Å². The zero-order chi connectivity index (χ0) is 11.1. The summed E-state index contributed by atoms with van der Waals surface area (Å²) in [4.78, 5) is 0.923. The second-order valence-electron chi connectivity index (χ2n) is 4.11. The Labute approximate surface area is 97.6 Å². The molecule has 0 spiro atoms. The summed E-state index contributed by atoms with van der Waals surface area (Å²) in [6, 6.07) is 14.6. The van der Waals surface area contributed by atoms with Crippen molar-refractivity contribution >= 4 is 10.8 Å². The van der Waals surface area contributed by atoms with Crippen molar-refractivity contribution in [1.29, 1.82) is 0 Å². The normalized spacial score (nSPS) is 14.3. The van der Waals surface area contributed by atoms with Gasteiger partial charge in [-0.15, -0.1) is 0 Å². The summed E-state index contributed by atoms with van der Waals surface area (Å²) in [7, 11) is -0.887. The maximum absolute atomic E-state index is 11.4. The van der Waals surface area contributed by atoms with Gasteiger partial charge in [0.25, 0.3) is 0 Å². The first-order valence-corrected chi connectivity index (χ1v) is 6.86. The van der Waals surface area contributed by atoms with Gasteiger partial charge in [0.1, 0.15) is 0 Å². The highest BCUT2D eigenvalue weighted by molar-refractivity contribution is 7.84. The van der Waals surface area contributed by atoms with E-state index in [0.29, 0.717) is 0 Å². The van der Waals surface area contributed by atoms with E-state index in [0.717, 1.165) is 11.3 Å². The van der Waals surface area contributed by atoms with Gasteiger partial charge in [-0.25, -0.2) is 0 Å². The molecule has 0 aromatic heterocycles. The smallest absolute Gasteiger partial charge is 0.0498 e. The van der Waals surface area contributed by atoms with Crippen LogP contribution < -0.4 is 0 Å². The van der Waals surface area contributed by atoms with E-state index >= 15 is 0 Å². The van der Waals surface area contributed by atoms with Crippen molar-refractivity contribution in [3.05, 3.63) is 53.6 Å². The highest BCUT2D eigenvalue weighted by Gasteiger charge is 2.18. The third-order valence-corrected chi connectivity index (χ3v) is 4.01. The molecule has 0 N–H and O–H groups in total. The Kier molecular flexibility index (Phi) is 2.18. The Morgan fingerprint density at radius 2 is 1.75 bits per heavy atom. The van der Waals surface area contributed by atoms with Crippen molar-refractivity contribution < 1.29 is 4.21 Å². The van der Waals surface area contributed by atoms with Crippen LogP contribution in [-0.2, 0) is 17.2 Å². The first-order valence-electron chi connectivity index (χ1n) is 5.30. The van der Waals surface area contributed by atoms with Crippen molar-refractivity contribution in [3.8, 4) is 11.1 Å². The maximum Gasteiger partial charge on any atom is 0.0498 e. The van der Waals surface area contributed by atoms with Gasteiger partial charge in [0.2, 0.25) is 0 Å². The van der Waals surface area contributed by atoms with E-state index in [1.165, 1.54) is 22.3 Å². The Morgan fingerprint density at radius 1 is 1.00 bits per heavy atom. The van der Waals surface area contributed by atoms with E-state index in [2.05, 4.69) is 36.4 Å². The summed E-state index contributed by atoms with van der Waals surface area (Å²) in [5.74, 6) is 0. The van der Waals surface area contributed by atoms with Crippen molar-refractivity contribution in [2.75, 3.05) is 6.26 Å². The highest BCUT2D eigenvalue weighted by atomic mass is 32.2. The molecule has 1 unspecified atom stereocenters. The van der Waals surface area contributed by atoms with Crippen LogP contribution in [0.2, 0.25) is 0 Å². The molecule has 0 saturated heterocycles. The van der Waals surface area contributed by atoms with Crippen molar-refractivity contribution in [1.82, 2.24) is 0 Å². The van der Waals surface area contributed by atoms with Crippen LogP contribution in [0.4, 0.5) is 0 Å². The molecule has 2 aromatic carbocycles. The molecule has 0 aliphatic heterocycles.